The number of nitrogens with zero attached hydrogens (tertiary/aromatic N) is 2. The van der Waals surface area contributed by atoms with E-state index in [9.17, 15) is 4.79 Å². The molecule has 0 fully saturated rings. The first-order valence-corrected chi connectivity index (χ1v) is 9.09. The van der Waals surface area contributed by atoms with Crippen LogP contribution in [0.1, 0.15) is 29.5 Å². The summed E-state index contributed by atoms with van der Waals surface area (Å²) in [7, 11) is 1.78. The second kappa shape index (κ2) is 10.3. The smallest absolute Gasteiger partial charge is 0.244 e. The molecule has 0 unspecified atom stereocenters. The molecule has 27 heavy (non-hydrogen) atoms. The quantitative estimate of drug-likeness (QED) is 0.392. The lowest BCUT2D eigenvalue weighted by atomic mass is 9.90. The summed E-state index contributed by atoms with van der Waals surface area (Å²) in [6, 6.07) is 16.1. The third kappa shape index (κ3) is 5.95. The van der Waals surface area contributed by atoms with Crippen molar-refractivity contribution in [3.63, 3.8) is 0 Å². The van der Waals surface area contributed by atoms with Crippen molar-refractivity contribution in [3.8, 4) is 0 Å². The van der Waals surface area contributed by atoms with Crippen molar-refractivity contribution in [3.05, 3.63) is 65.2 Å². The Morgan fingerprint density at radius 3 is 2.63 bits per heavy atom. The fourth-order valence-electron chi connectivity index (χ4n) is 3.29. The van der Waals surface area contributed by atoms with E-state index in [1.165, 1.54) is 24.0 Å². The fraction of sp³-hybridized carbons (Fsp3) is 0.333. The summed E-state index contributed by atoms with van der Waals surface area (Å²) >= 11 is 0. The summed E-state index contributed by atoms with van der Waals surface area (Å²) in [6.07, 6.45) is 4.61. The monoisotopic (exact) mass is 478 g/mol. The maximum atomic E-state index is 12.3. The van der Waals surface area contributed by atoms with Crippen LogP contribution in [0.25, 0.3) is 0 Å². The highest BCUT2D eigenvalue weighted by molar-refractivity contribution is 14.0. The van der Waals surface area contributed by atoms with E-state index in [1.807, 2.05) is 42.5 Å². The van der Waals surface area contributed by atoms with E-state index >= 15 is 0 Å². The van der Waals surface area contributed by atoms with Gasteiger partial charge in [-0.2, -0.15) is 0 Å². The van der Waals surface area contributed by atoms with Gasteiger partial charge in [-0.3, -0.25) is 4.79 Å². The van der Waals surface area contributed by atoms with Gasteiger partial charge in [0.15, 0.2) is 5.96 Å². The van der Waals surface area contributed by atoms with Gasteiger partial charge < -0.3 is 16.0 Å². The topological polar surface area (TPSA) is 70.7 Å². The van der Waals surface area contributed by atoms with Crippen LogP contribution < -0.4 is 11.1 Å². The van der Waals surface area contributed by atoms with Gasteiger partial charge in [-0.25, -0.2) is 4.99 Å². The molecule has 3 N–H and O–H groups in total. The Hall–Kier alpha value is -2.09. The number of guanidine groups is 1. The predicted octanol–water partition coefficient (Wildman–Crippen LogP) is 3.57. The summed E-state index contributed by atoms with van der Waals surface area (Å²) in [5.74, 6) is 0.221. The molecule has 6 heteroatoms. The first-order valence-electron chi connectivity index (χ1n) is 9.09. The Balaban J connectivity index is 0.00000261. The van der Waals surface area contributed by atoms with Crippen molar-refractivity contribution in [2.24, 2.45) is 10.7 Å². The number of nitrogens with one attached hydrogen (secondary N) is 1. The van der Waals surface area contributed by atoms with E-state index in [4.69, 9.17) is 5.73 Å². The maximum Gasteiger partial charge on any atom is 0.244 e. The van der Waals surface area contributed by atoms with Gasteiger partial charge >= 0.3 is 0 Å². The first kappa shape index (κ1) is 21.2. The minimum absolute atomic E-state index is 0. The summed E-state index contributed by atoms with van der Waals surface area (Å²) in [5.41, 5.74) is 10.8. The lowest BCUT2D eigenvalue weighted by Gasteiger charge is -2.20. The zero-order valence-electron chi connectivity index (χ0n) is 15.6. The number of aryl methyl sites for hydroxylation is 1. The van der Waals surface area contributed by atoms with Crippen LogP contribution in [-0.4, -0.2) is 30.4 Å². The van der Waals surface area contributed by atoms with Crippen molar-refractivity contribution >= 4 is 41.5 Å². The maximum absolute atomic E-state index is 12.3. The van der Waals surface area contributed by atoms with Gasteiger partial charge in [-0.15, -0.1) is 24.0 Å². The third-order valence-corrected chi connectivity index (χ3v) is 4.73. The lowest BCUT2D eigenvalue weighted by Crippen LogP contribution is -2.31. The number of hydrogen-bond acceptors (Lipinski definition) is 2. The minimum Gasteiger partial charge on any atom is -0.370 e. The normalized spacial score (nSPS) is 13.3. The first-order chi connectivity index (χ1) is 12.6. The molecule has 5 nitrogen and oxygen atoms in total. The number of carbonyl (C=O) groups is 1. The average molecular weight is 478 g/mol. The number of amides is 1. The van der Waals surface area contributed by atoms with Gasteiger partial charge in [-0.05, 0) is 48.4 Å². The number of aliphatic imine (C=N–C) groups is 1. The second-order valence-electron chi connectivity index (χ2n) is 6.71. The summed E-state index contributed by atoms with van der Waals surface area (Å²) in [5, 5.41) is 3.17. The number of halogens is 1. The number of rotatable bonds is 5. The lowest BCUT2D eigenvalue weighted by molar-refractivity contribution is -0.128. The molecule has 0 aliphatic heterocycles. The highest BCUT2D eigenvalue weighted by atomic mass is 127. The molecule has 0 heterocycles. The van der Waals surface area contributed by atoms with Crippen LogP contribution in [0, 0.1) is 0 Å². The molecular weight excluding hydrogens is 451 g/mol. The number of likely N-dealkylation sites (N-methyl/N-ethyl adjacent to an activating group) is 1. The number of carbonyl (C=O) groups excluding carboxylic acids is 1. The van der Waals surface area contributed by atoms with Crippen molar-refractivity contribution in [2.45, 2.75) is 32.2 Å². The zero-order valence-corrected chi connectivity index (χ0v) is 18.0. The molecule has 1 aliphatic rings. The van der Waals surface area contributed by atoms with E-state index in [-0.39, 0.29) is 42.4 Å². The van der Waals surface area contributed by atoms with E-state index in [0.717, 1.165) is 24.1 Å². The summed E-state index contributed by atoms with van der Waals surface area (Å²) in [4.78, 5) is 18.2. The number of fused-ring (bicyclic) bond motifs is 1. The van der Waals surface area contributed by atoms with Crippen LogP contribution in [0.2, 0.25) is 0 Å². The van der Waals surface area contributed by atoms with Gasteiger partial charge in [0, 0.05) is 19.3 Å². The molecule has 1 amide bonds. The summed E-state index contributed by atoms with van der Waals surface area (Å²) < 4.78 is 0. The van der Waals surface area contributed by atoms with Crippen molar-refractivity contribution in [1.29, 1.82) is 0 Å². The van der Waals surface area contributed by atoms with Gasteiger partial charge in [-0.1, -0.05) is 42.5 Å². The van der Waals surface area contributed by atoms with Crippen LogP contribution >= 0.6 is 24.0 Å². The Bertz CT molecular complexity index is 792. The highest BCUT2D eigenvalue weighted by Gasteiger charge is 2.13. The van der Waals surface area contributed by atoms with Crippen LogP contribution in [-0.2, 0) is 24.2 Å². The Morgan fingerprint density at radius 2 is 1.85 bits per heavy atom. The zero-order chi connectivity index (χ0) is 18.4. The van der Waals surface area contributed by atoms with E-state index in [0.29, 0.717) is 6.54 Å². The molecule has 2 aromatic rings. The molecule has 144 valence electrons. The van der Waals surface area contributed by atoms with Crippen molar-refractivity contribution < 1.29 is 4.79 Å². The van der Waals surface area contributed by atoms with Crippen LogP contribution in [0.15, 0.2) is 53.5 Å². The molecule has 0 atom stereocenters. The van der Waals surface area contributed by atoms with Crippen molar-refractivity contribution in [2.75, 3.05) is 18.9 Å². The molecule has 0 saturated heterocycles. The molecule has 0 aromatic heterocycles. The predicted molar refractivity (Wildman–Crippen MR) is 122 cm³/mol. The standard InChI is InChI=1S/C21H26N4O.HI/c1-25(15-16-8-3-2-4-9-16)20(26)14-23-21(22)24-19-13-7-11-17-10-5-6-12-18(17)19;/h2-4,7-9,11,13H,5-6,10,12,14-15H2,1H3,(H3,22,23,24);1H. The summed E-state index contributed by atoms with van der Waals surface area (Å²) in [6.45, 7) is 0.603. The van der Waals surface area contributed by atoms with Gasteiger partial charge in [0.2, 0.25) is 5.91 Å². The average Bonchev–Trinajstić information content (AvgIpc) is 2.67. The Morgan fingerprint density at radius 1 is 1.11 bits per heavy atom. The number of benzene rings is 2. The van der Waals surface area contributed by atoms with E-state index in [1.54, 1.807) is 11.9 Å². The second-order valence-corrected chi connectivity index (χ2v) is 6.71. The van der Waals surface area contributed by atoms with Gasteiger partial charge in [0.1, 0.15) is 6.54 Å². The third-order valence-electron chi connectivity index (χ3n) is 4.73. The van der Waals surface area contributed by atoms with Crippen LogP contribution in [0.3, 0.4) is 0 Å². The Kier molecular flexibility index (Phi) is 8.09. The van der Waals surface area contributed by atoms with Crippen LogP contribution in [0.5, 0.6) is 0 Å². The van der Waals surface area contributed by atoms with Gasteiger partial charge in [0.25, 0.3) is 0 Å². The largest absolute Gasteiger partial charge is 0.370 e. The van der Waals surface area contributed by atoms with E-state index < -0.39 is 0 Å². The van der Waals surface area contributed by atoms with Crippen LogP contribution in [0.4, 0.5) is 5.69 Å². The SMILES string of the molecule is CN(Cc1ccccc1)C(=O)CN=C(N)Nc1cccc2c1CCCC2.I. The number of nitrogens with two attached hydrogens (primary N) is 1. The molecule has 2 aromatic carbocycles. The van der Waals surface area contributed by atoms with E-state index in [2.05, 4.69) is 16.4 Å². The highest BCUT2D eigenvalue weighted by Crippen LogP contribution is 2.27. The Labute approximate surface area is 178 Å². The van der Waals surface area contributed by atoms with Crippen molar-refractivity contribution in [1.82, 2.24) is 4.90 Å². The molecular formula is C21H27IN4O. The fourth-order valence-corrected chi connectivity index (χ4v) is 3.29. The molecule has 0 bridgehead atoms. The number of anilines is 1. The molecule has 0 radical (unpaired) electrons. The van der Waals surface area contributed by atoms with Gasteiger partial charge in [0.05, 0.1) is 0 Å². The molecule has 0 saturated carbocycles. The molecule has 0 spiro atoms. The molecule has 1 aliphatic carbocycles. The molecule has 3 rings (SSSR count). The minimum atomic E-state index is -0.0614. The number of hydrogen-bond donors (Lipinski definition) is 2.